The molecule has 1 aromatic rings. The predicted molar refractivity (Wildman–Crippen MR) is 70.5 cm³/mol. The van der Waals surface area contributed by atoms with Crippen LogP contribution in [-0.2, 0) is 20.5 Å². The number of sulfonamides is 1. The van der Waals surface area contributed by atoms with Gasteiger partial charge in [0, 0.05) is 25.9 Å². The number of hydrogen-bond acceptors (Lipinski definition) is 4. The Morgan fingerprint density at radius 2 is 2.06 bits per heavy atom. The third kappa shape index (κ3) is 3.01. The van der Waals surface area contributed by atoms with Crippen LogP contribution in [-0.4, -0.2) is 39.0 Å². The summed E-state index contributed by atoms with van der Waals surface area (Å²) in [5.41, 5.74) is 6.96. The molecule has 6 heteroatoms. The van der Waals surface area contributed by atoms with Crippen molar-refractivity contribution in [1.29, 1.82) is 0 Å². The molecule has 1 unspecified atom stereocenters. The minimum atomic E-state index is -3.26. The average Bonchev–Trinajstić information content (AvgIpc) is 2.81. The van der Waals surface area contributed by atoms with Gasteiger partial charge in [-0.3, -0.25) is 0 Å². The first-order valence-electron chi connectivity index (χ1n) is 5.86. The van der Waals surface area contributed by atoms with E-state index in [1.165, 1.54) is 4.31 Å². The number of nitrogens with zero attached hydrogens (tertiary/aromatic N) is 1. The Labute approximate surface area is 108 Å². The van der Waals surface area contributed by atoms with Gasteiger partial charge in [-0.25, -0.2) is 8.42 Å². The molecule has 0 aliphatic carbocycles. The third-order valence-corrected chi connectivity index (χ3v) is 4.98. The monoisotopic (exact) mass is 270 g/mol. The summed E-state index contributed by atoms with van der Waals surface area (Å²) in [6.07, 6.45) is 0.781. The number of ether oxygens (including phenoxy) is 1. The number of methoxy groups -OCH3 is 1. The van der Waals surface area contributed by atoms with Crippen molar-refractivity contribution in [3.05, 3.63) is 29.8 Å². The fourth-order valence-electron chi connectivity index (χ4n) is 2.06. The first-order chi connectivity index (χ1) is 8.51. The number of benzene rings is 1. The number of nitrogen functional groups attached to an aromatic ring is 1. The van der Waals surface area contributed by atoms with Gasteiger partial charge in [-0.05, 0) is 24.1 Å². The Morgan fingerprint density at radius 3 is 2.61 bits per heavy atom. The van der Waals surface area contributed by atoms with E-state index >= 15 is 0 Å². The minimum Gasteiger partial charge on any atom is -0.399 e. The second-order valence-electron chi connectivity index (χ2n) is 4.50. The molecule has 5 nitrogen and oxygen atoms in total. The highest BCUT2D eigenvalue weighted by Gasteiger charge is 2.31. The van der Waals surface area contributed by atoms with E-state index in [9.17, 15) is 8.42 Å². The van der Waals surface area contributed by atoms with Gasteiger partial charge in [-0.2, -0.15) is 4.31 Å². The molecule has 1 atom stereocenters. The summed E-state index contributed by atoms with van der Waals surface area (Å²) in [5.74, 6) is 0.0176. The smallest absolute Gasteiger partial charge is 0.218 e. The highest BCUT2D eigenvalue weighted by Crippen LogP contribution is 2.19. The van der Waals surface area contributed by atoms with Crippen LogP contribution in [0.3, 0.4) is 0 Å². The van der Waals surface area contributed by atoms with Gasteiger partial charge in [-0.1, -0.05) is 12.1 Å². The number of rotatable bonds is 4. The van der Waals surface area contributed by atoms with Crippen LogP contribution in [0.4, 0.5) is 5.69 Å². The lowest BCUT2D eigenvalue weighted by Crippen LogP contribution is -2.31. The SMILES string of the molecule is COC1CCN(S(=O)(=O)Cc2ccc(N)cc2)C1. The number of hydrogen-bond donors (Lipinski definition) is 1. The maximum atomic E-state index is 12.2. The van der Waals surface area contributed by atoms with E-state index in [0.29, 0.717) is 18.8 Å². The molecule has 18 heavy (non-hydrogen) atoms. The van der Waals surface area contributed by atoms with Crippen LogP contribution in [0.1, 0.15) is 12.0 Å². The zero-order chi connectivity index (χ0) is 13.2. The van der Waals surface area contributed by atoms with Crippen molar-refractivity contribution in [3.8, 4) is 0 Å². The molecule has 1 saturated heterocycles. The molecule has 1 aliphatic heterocycles. The molecule has 100 valence electrons. The molecule has 0 spiro atoms. The lowest BCUT2D eigenvalue weighted by atomic mass is 10.2. The van der Waals surface area contributed by atoms with Crippen LogP contribution in [0.25, 0.3) is 0 Å². The summed E-state index contributed by atoms with van der Waals surface area (Å²) in [5, 5.41) is 0. The van der Waals surface area contributed by atoms with Crippen molar-refractivity contribution < 1.29 is 13.2 Å². The Balaban J connectivity index is 2.06. The van der Waals surface area contributed by atoms with Crippen molar-refractivity contribution in [2.24, 2.45) is 0 Å². The summed E-state index contributed by atoms with van der Waals surface area (Å²) in [4.78, 5) is 0. The number of anilines is 1. The summed E-state index contributed by atoms with van der Waals surface area (Å²) in [6, 6.07) is 6.92. The maximum Gasteiger partial charge on any atom is 0.218 e. The third-order valence-electron chi connectivity index (χ3n) is 3.16. The van der Waals surface area contributed by atoms with Crippen LogP contribution in [0.15, 0.2) is 24.3 Å². The lowest BCUT2D eigenvalue weighted by molar-refractivity contribution is 0.115. The first kappa shape index (κ1) is 13.3. The van der Waals surface area contributed by atoms with Crippen molar-refractivity contribution in [2.45, 2.75) is 18.3 Å². The first-order valence-corrected chi connectivity index (χ1v) is 7.47. The normalized spacial score (nSPS) is 21.3. The zero-order valence-electron chi connectivity index (χ0n) is 10.4. The van der Waals surface area contributed by atoms with E-state index in [1.54, 1.807) is 31.4 Å². The molecule has 0 bridgehead atoms. The summed E-state index contributed by atoms with van der Waals surface area (Å²) in [6.45, 7) is 0.990. The highest BCUT2D eigenvalue weighted by atomic mass is 32.2. The second-order valence-corrected chi connectivity index (χ2v) is 6.47. The Hall–Kier alpha value is -1.11. The Bertz CT molecular complexity index is 499. The molecular weight excluding hydrogens is 252 g/mol. The van der Waals surface area contributed by atoms with Crippen LogP contribution < -0.4 is 5.73 Å². The quantitative estimate of drug-likeness (QED) is 0.822. The van der Waals surface area contributed by atoms with E-state index in [-0.39, 0.29) is 11.9 Å². The molecule has 1 aliphatic rings. The highest BCUT2D eigenvalue weighted by molar-refractivity contribution is 7.88. The number of nitrogens with two attached hydrogens (primary N) is 1. The Kier molecular flexibility index (Phi) is 3.89. The van der Waals surface area contributed by atoms with E-state index < -0.39 is 10.0 Å². The van der Waals surface area contributed by atoms with Crippen LogP contribution in [0, 0.1) is 0 Å². The molecule has 1 aromatic carbocycles. The van der Waals surface area contributed by atoms with Gasteiger partial charge in [0.05, 0.1) is 11.9 Å². The lowest BCUT2D eigenvalue weighted by Gasteiger charge is -2.16. The molecule has 0 aromatic heterocycles. The van der Waals surface area contributed by atoms with Gasteiger partial charge >= 0.3 is 0 Å². The van der Waals surface area contributed by atoms with Crippen molar-refractivity contribution >= 4 is 15.7 Å². The average molecular weight is 270 g/mol. The van der Waals surface area contributed by atoms with Crippen LogP contribution in [0.5, 0.6) is 0 Å². The van der Waals surface area contributed by atoms with Crippen molar-refractivity contribution in [3.63, 3.8) is 0 Å². The van der Waals surface area contributed by atoms with Gasteiger partial charge in [-0.15, -0.1) is 0 Å². The molecule has 2 N–H and O–H groups in total. The van der Waals surface area contributed by atoms with Gasteiger partial charge < -0.3 is 10.5 Å². The molecule has 1 fully saturated rings. The topological polar surface area (TPSA) is 72.6 Å². The van der Waals surface area contributed by atoms with Crippen molar-refractivity contribution in [2.75, 3.05) is 25.9 Å². The fraction of sp³-hybridized carbons (Fsp3) is 0.500. The van der Waals surface area contributed by atoms with Gasteiger partial charge in [0.15, 0.2) is 0 Å². The molecule has 1 heterocycles. The van der Waals surface area contributed by atoms with Gasteiger partial charge in [0.1, 0.15) is 0 Å². The molecular formula is C12H18N2O3S. The van der Waals surface area contributed by atoms with E-state index in [0.717, 1.165) is 12.0 Å². The van der Waals surface area contributed by atoms with E-state index in [4.69, 9.17) is 10.5 Å². The van der Waals surface area contributed by atoms with Gasteiger partial charge in [0.25, 0.3) is 0 Å². The van der Waals surface area contributed by atoms with Crippen LogP contribution in [0.2, 0.25) is 0 Å². The van der Waals surface area contributed by atoms with Gasteiger partial charge in [0.2, 0.25) is 10.0 Å². The summed E-state index contributed by atoms with van der Waals surface area (Å²) < 4.78 is 31.1. The standard InChI is InChI=1S/C12H18N2O3S/c1-17-12-6-7-14(8-12)18(15,16)9-10-2-4-11(13)5-3-10/h2-5,12H,6-9,13H2,1H3. The van der Waals surface area contributed by atoms with E-state index in [2.05, 4.69) is 0 Å². The molecule has 0 saturated carbocycles. The maximum absolute atomic E-state index is 12.2. The second kappa shape index (κ2) is 5.26. The summed E-state index contributed by atoms with van der Waals surface area (Å²) >= 11 is 0. The minimum absolute atomic E-state index is 0.0176. The van der Waals surface area contributed by atoms with E-state index in [1.807, 2.05) is 0 Å². The molecule has 0 amide bonds. The molecule has 2 rings (SSSR count). The Morgan fingerprint density at radius 1 is 1.39 bits per heavy atom. The molecule has 0 radical (unpaired) electrons. The largest absolute Gasteiger partial charge is 0.399 e. The summed E-state index contributed by atoms with van der Waals surface area (Å²) in [7, 11) is -1.64. The predicted octanol–water partition coefficient (Wildman–Crippen LogP) is 0.819. The zero-order valence-corrected chi connectivity index (χ0v) is 11.2. The van der Waals surface area contributed by atoms with Crippen LogP contribution >= 0.6 is 0 Å². The van der Waals surface area contributed by atoms with Crippen molar-refractivity contribution in [1.82, 2.24) is 4.31 Å². The fourth-order valence-corrected chi connectivity index (χ4v) is 3.63.